The summed E-state index contributed by atoms with van der Waals surface area (Å²) in [5, 5.41) is 0. The second-order valence-corrected chi connectivity index (χ2v) is 8.60. The summed E-state index contributed by atoms with van der Waals surface area (Å²) in [6, 6.07) is 34.9. The van der Waals surface area contributed by atoms with Crippen molar-refractivity contribution in [3.63, 3.8) is 0 Å². The molecule has 0 aromatic heterocycles. The van der Waals surface area contributed by atoms with Crippen molar-refractivity contribution in [2.24, 2.45) is 0 Å². The zero-order chi connectivity index (χ0) is 18.4. The van der Waals surface area contributed by atoms with Crippen molar-refractivity contribution in [1.82, 2.24) is 0 Å². The van der Waals surface area contributed by atoms with E-state index in [1.807, 2.05) is 0 Å². The summed E-state index contributed by atoms with van der Waals surface area (Å²) in [7, 11) is 0. The molecule has 2 heteroatoms. The van der Waals surface area contributed by atoms with Gasteiger partial charge in [-0.05, 0) is 46.0 Å². The number of fused-ring (bicyclic) bond motifs is 3. The van der Waals surface area contributed by atoms with Crippen LogP contribution >= 0.6 is 31.9 Å². The van der Waals surface area contributed by atoms with Gasteiger partial charge in [0, 0.05) is 14.5 Å². The van der Waals surface area contributed by atoms with Gasteiger partial charge in [0.2, 0.25) is 0 Å². The molecule has 0 spiro atoms. The van der Waals surface area contributed by atoms with E-state index in [9.17, 15) is 0 Å². The molecule has 0 N–H and O–H groups in total. The Labute approximate surface area is 176 Å². The van der Waals surface area contributed by atoms with Crippen LogP contribution in [0.5, 0.6) is 0 Å². The van der Waals surface area contributed by atoms with Gasteiger partial charge >= 0.3 is 0 Å². The van der Waals surface area contributed by atoms with Crippen molar-refractivity contribution in [3.8, 4) is 11.1 Å². The molecule has 130 valence electrons. The van der Waals surface area contributed by atoms with E-state index in [1.54, 1.807) is 0 Å². The topological polar surface area (TPSA) is 0 Å². The lowest BCUT2D eigenvalue weighted by Gasteiger charge is -2.34. The van der Waals surface area contributed by atoms with Crippen LogP contribution in [-0.2, 0) is 5.41 Å². The van der Waals surface area contributed by atoms with E-state index in [4.69, 9.17) is 0 Å². The summed E-state index contributed by atoms with van der Waals surface area (Å²) in [5.74, 6) is 0. The van der Waals surface area contributed by atoms with Crippen LogP contribution in [0.2, 0.25) is 0 Å². The Morgan fingerprint density at radius 1 is 0.556 bits per heavy atom. The van der Waals surface area contributed by atoms with E-state index in [1.165, 1.54) is 33.4 Å². The van der Waals surface area contributed by atoms with Crippen molar-refractivity contribution in [1.29, 1.82) is 0 Å². The van der Waals surface area contributed by atoms with E-state index in [-0.39, 0.29) is 5.41 Å². The van der Waals surface area contributed by atoms with E-state index in [0.717, 1.165) is 8.95 Å². The maximum atomic E-state index is 3.82. The Kier molecular flexibility index (Phi) is 4.07. The summed E-state index contributed by atoms with van der Waals surface area (Å²) in [6.07, 6.45) is 0. The summed E-state index contributed by atoms with van der Waals surface area (Å²) >= 11 is 7.51. The third-order valence-electron chi connectivity index (χ3n) is 5.48. The summed E-state index contributed by atoms with van der Waals surface area (Å²) in [6.45, 7) is 0. The highest BCUT2D eigenvalue weighted by Gasteiger charge is 2.46. The van der Waals surface area contributed by atoms with Gasteiger partial charge in [0.05, 0.1) is 5.41 Å². The molecule has 27 heavy (non-hydrogen) atoms. The first-order valence-corrected chi connectivity index (χ1v) is 10.5. The first-order valence-electron chi connectivity index (χ1n) is 8.93. The summed E-state index contributed by atoms with van der Waals surface area (Å²) in [4.78, 5) is 0. The number of benzene rings is 4. The van der Waals surface area contributed by atoms with Gasteiger partial charge in [0.15, 0.2) is 0 Å². The molecule has 4 aromatic rings. The van der Waals surface area contributed by atoms with Gasteiger partial charge in [0.1, 0.15) is 0 Å². The van der Waals surface area contributed by atoms with Gasteiger partial charge in [0.25, 0.3) is 0 Å². The molecule has 0 nitrogen and oxygen atoms in total. The fourth-order valence-corrected chi connectivity index (χ4v) is 5.46. The standard InChI is InChI=1S/C25H16Br2/c26-19-11-6-10-18(16-19)25(17-8-2-1-3-9-17)21-13-5-4-12-20(21)24-22(25)14-7-15-23(24)27/h1-16H. The molecule has 0 heterocycles. The first-order chi connectivity index (χ1) is 13.2. The smallest absolute Gasteiger partial charge is 0.0622 e. The highest BCUT2D eigenvalue weighted by atomic mass is 79.9. The van der Waals surface area contributed by atoms with Crippen molar-refractivity contribution in [2.45, 2.75) is 5.41 Å². The van der Waals surface area contributed by atoms with Crippen LogP contribution in [0.1, 0.15) is 22.3 Å². The van der Waals surface area contributed by atoms with E-state index in [0.29, 0.717) is 0 Å². The average Bonchev–Trinajstić information content (AvgIpc) is 3.01. The third kappa shape index (κ3) is 2.40. The second kappa shape index (κ2) is 6.47. The molecule has 0 saturated carbocycles. The van der Waals surface area contributed by atoms with E-state index in [2.05, 4.69) is 129 Å². The summed E-state index contributed by atoms with van der Waals surface area (Å²) < 4.78 is 2.23. The van der Waals surface area contributed by atoms with Crippen molar-refractivity contribution in [3.05, 3.63) is 128 Å². The van der Waals surface area contributed by atoms with Gasteiger partial charge in [-0.2, -0.15) is 0 Å². The highest BCUT2D eigenvalue weighted by molar-refractivity contribution is 9.10. The number of halogens is 2. The quantitative estimate of drug-likeness (QED) is 0.247. The minimum Gasteiger partial charge on any atom is -0.0622 e. The van der Waals surface area contributed by atoms with Crippen LogP contribution in [-0.4, -0.2) is 0 Å². The Hall–Kier alpha value is -2.16. The molecule has 1 unspecified atom stereocenters. The molecule has 0 bridgehead atoms. The van der Waals surface area contributed by atoms with E-state index >= 15 is 0 Å². The molecule has 4 aromatic carbocycles. The maximum absolute atomic E-state index is 3.82. The van der Waals surface area contributed by atoms with Gasteiger partial charge in [-0.1, -0.05) is 111 Å². The second-order valence-electron chi connectivity index (χ2n) is 6.83. The molecule has 0 radical (unpaired) electrons. The largest absolute Gasteiger partial charge is 0.0714 e. The predicted molar refractivity (Wildman–Crippen MR) is 119 cm³/mol. The molecule has 1 aliphatic rings. The minimum absolute atomic E-state index is 0.333. The molecule has 0 aliphatic heterocycles. The van der Waals surface area contributed by atoms with Crippen LogP contribution in [0.4, 0.5) is 0 Å². The Morgan fingerprint density at radius 3 is 2.04 bits per heavy atom. The van der Waals surface area contributed by atoms with Crippen LogP contribution in [0.15, 0.2) is 106 Å². The fraction of sp³-hybridized carbons (Fsp3) is 0.0400. The lowest BCUT2D eigenvalue weighted by Crippen LogP contribution is -2.28. The Balaban J connectivity index is 2.00. The number of rotatable bonds is 2. The lowest BCUT2D eigenvalue weighted by atomic mass is 9.68. The monoisotopic (exact) mass is 474 g/mol. The molecule has 0 amide bonds. The SMILES string of the molecule is Brc1cccc(C2(c3ccccc3)c3ccccc3-c3c(Br)cccc32)c1. The van der Waals surface area contributed by atoms with E-state index < -0.39 is 0 Å². The molecular weight excluding hydrogens is 460 g/mol. The van der Waals surface area contributed by atoms with Crippen molar-refractivity contribution < 1.29 is 0 Å². The van der Waals surface area contributed by atoms with Gasteiger partial charge in [-0.25, -0.2) is 0 Å². The Bertz CT molecular complexity index is 1150. The normalized spacial score (nSPS) is 17.4. The highest BCUT2D eigenvalue weighted by Crippen LogP contribution is 2.57. The lowest BCUT2D eigenvalue weighted by molar-refractivity contribution is 0.767. The minimum atomic E-state index is -0.333. The predicted octanol–water partition coefficient (Wildman–Crippen LogP) is 7.57. The van der Waals surface area contributed by atoms with Crippen LogP contribution in [0, 0.1) is 0 Å². The molecular formula is C25H16Br2. The van der Waals surface area contributed by atoms with Gasteiger partial charge < -0.3 is 0 Å². The molecule has 0 fully saturated rings. The molecule has 1 atom stereocenters. The Morgan fingerprint density at radius 2 is 1.22 bits per heavy atom. The van der Waals surface area contributed by atoms with Gasteiger partial charge in [-0.15, -0.1) is 0 Å². The average molecular weight is 476 g/mol. The summed E-state index contributed by atoms with van der Waals surface area (Å²) in [5.41, 5.74) is 7.46. The van der Waals surface area contributed by atoms with Crippen molar-refractivity contribution >= 4 is 31.9 Å². The van der Waals surface area contributed by atoms with Crippen LogP contribution in [0.3, 0.4) is 0 Å². The third-order valence-corrected chi connectivity index (χ3v) is 6.64. The zero-order valence-corrected chi connectivity index (χ0v) is 17.7. The molecule has 0 saturated heterocycles. The molecule has 1 aliphatic carbocycles. The first kappa shape index (κ1) is 17.0. The molecule has 5 rings (SSSR count). The maximum Gasteiger partial charge on any atom is 0.0714 e. The van der Waals surface area contributed by atoms with Crippen LogP contribution in [0.25, 0.3) is 11.1 Å². The zero-order valence-electron chi connectivity index (χ0n) is 14.5. The number of hydrogen-bond acceptors (Lipinski definition) is 0. The van der Waals surface area contributed by atoms with Gasteiger partial charge in [-0.3, -0.25) is 0 Å². The number of hydrogen-bond donors (Lipinski definition) is 0. The van der Waals surface area contributed by atoms with Crippen LogP contribution < -0.4 is 0 Å². The fourth-order valence-electron chi connectivity index (χ4n) is 4.48. The van der Waals surface area contributed by atoms with Crippen molar-refractivity contribution in [2.75, 3.05) is 0 Å².